The van der Waals surface area contributed by atoms with E-state index >= 15 is 0 Å². The highest BCUT2D eigenvalue weighted by Gasteiger charge is 2.28. The molecule has 0 unspecified atom stereocenters. The van der Waals surface area contributed by atoms with E-state index in [4.69, 9.17) is 0 Å². The van der Waals surface area contributed by atoms with Gasteiger partial charge in [-0.1, -0.05) is 6.42 Å². The number of hydrogen-bond acceptors (Lipinski definition) is 4. The molecule has 1 saturated carbocycles. The van der Waals surface area contributed by atoms with Crippen molar-refractivity contribution in [3.63, 3.8) is 0 Å². The molecule has 2 rings (SSSR count). The van der Waals surface area contributed by atoms with Crippen molar-refractivity contribution >= 4 is 21.4 Å². The largest absolute Gasteiger partial charge is 0.315 e. The third kappa shape index (κ3) is 2.77. The number of rotatable bonds is 6. The van der Waals surface area contributed by atoms with Crippen molar-refractivity contribution in [2.45, 2.75) is 30.7 Å². The summed E-state index contributed by atoms with van der Waals surface area (Å²) in [5, 5.41) is 4.86. The van der Waals surface area contributed by atoms with Gasteiger partial charge in [0, 0.05) is 25.0 Å². The first-order valence-electron chi connectivity index (χ1n) is 6.23. The van der Waals surface area contributed by atoms with Gasteiger partial charge in [-0.05, 0) is 37.3 Å². The van der Waals surface area contributed by atoms with Gasteiger partial charge in [-0.25, -0.2) is 12.7 Å². The summed E-state index contributed by atoms with van der Waals surface area (Å²) < 4.78 is 26.5. The van der Waals surface area contributed by atoms with Crippen LogP contribution in [0.2, 0.25) is 0 Å². The van der Waals surface area contributed by atoms with Gasteiger partial charge in [-0.3, -0.25) is 0 Å². The maximum absolute atomic E-state index is 12.5. The molecule has 1 aromatic rings. The zero-order valence-corrected chi connectivity index (χ0v) is 12.5. The van der Waals surface area contributed by atoms with E-state index in [1.54, 1.807) is 13.1 Å². The molecule has 0 aliphatic heterocycles. The Hall–Kier alpha value is -0.430. The first-order chi connectivity index (χ1) is 8.55. The molecule has 1 aromatic heterocycles. The molecule has 1 fully saturated rings. The van der Waals surface area contributed by atoms with Crippen molar-refractivity contribution < 1.29 is 8.42 Å². The van der Waals surface area contributed by atoms with Crippen LogP contribution in [0.1, 0.15) is 24.1 Å². The van der Waals surface area contributed by atoms with Gasteiger partial charge < -0.3 is 5.32 Å². The SMILES string of the molecule is CNCc1sccc1S(=O)(=O)N(C)CC1CCC1. The summed E-state index contributed by atoms with van der Waals surface area (Å²) >= 11 is 1.49. The van der Waals surface area contributed by atoms with Crippen LogP contribution in [0.25, 0.3) is 0 Å². The van der Waals surface area contributed by atoms with E-state index < -0.39 is 10.0 Å². The first-order valence-corrected chi connectivity index (χ1v) is 8.55. The Morgan fingerprint density at radius 3 is 2.78 bits per heavy atom. The number of hydrogen-bond donors (Lipinski definition) is 1. The van der Waals surface area contributed by atoms with Gasteiger partial charge in [0.2, 0.25) is 10.0 Å². The monoisotopic (exact) mass is 288 g/mol. The topological polar surface area (TPSA) is 49.4 Å². The second kappa shape index (κ2) is 5.69. The van der Waals surface area contributed by atoms with Gasteiger partial charge in [0.15, 0.2) is 0 Å². The molecule has 1 aliphatic carbocycles. The third-order valence-corrected chi connectivity index (χ3v) is 6.43. The van der Waals surface area contributed by atoms with E-state index in [1.807, 2.05) is 12.4 Å². The minimum Gasteiger partial charge on any atom is -0.315 e. The number of nitrogens with zero attached hydrogens (tertiary/aromatic N) is 1. The zero-order chi connectivity index (χ0) is 13.2. The van der Waals surface area contributed by atoms with Crippen molar-refractivity contribution in [1.82, 2.24) is 9.62 Å². The highest BCUT2D eigenvalue weighted by atomic mass is 32.2. The minimum atomic E-state index is -3.32. The van der Waals surface area contributed by atoms with Crippen LogP contribution in [0.4, 0.5) is 0 Å². The Balaban J connectivity index is 2.15. The van der Waals surface area contributed by atoms with Gasteiger partial charge in [0.1, 0.15) is 0 Å². The maximum atomic E-state index is 12.5. The molecule has 0 bridgehead atoms. The van der Waals surface area contributed by atoms with Crippen LogP contribution >= 0.6 is 11.3 Å². The van der Waals surface area contributed by atoms with E-state index in [0.29, 0.717) is 23.9 Å². The average molecular weight is 288 g/mol. The quantitative estimate of drug-likeness (QED) is 0.869. The molecular weight excluding hydrogens is 268 g/mol. The Bertz CT molecular complexity index is 492. The normalized spacial score (nSPS) is 17.1. The molecule has 0 aromatic carbocycles. The maximum Gasteiger partial charge on any atom is 0.243 e. The zero-order valence-electron chi connectivity index (χ0n) is 10.8. The molecule has 1 heterocycles. The Kier molecular flexibility index (Phi) is 4.42. The van der Waals surface area contributed by atoms with Crippen LogP contribution in [0, 0.1) is 5.92 Å². The smallest absolute Gasteiger partial charge is 0.243 e. The molecule has 0 atom stereocenters. The van der Waals surface area contributed by atoms with Crippen molar-refractivity contribution in [3.05, 3.63) is 16.3 Å². The highest BCUT2D eigenvalue weighted by molar-refractivity contribution is 7.89. The number of sulfonamides is 1. The van der Waals surface area contributed by atoms with E-state index in [-0.39, 0.29) is 0 Å². The second-order valence-electron chi connectivity index (χ2n) is 4.82. The predicted octanol–water partition coefficient (Wildman–Crippen LogP) is 1.89. The number of thiophene rings is 1. The summed E-state index contributed by atoms with van der Waals surface area (Å²) in [6.07, 6.45) is 3.56. The Morgan fingerprint density at radius 2 is 2.22 bits per heavy atom. The predicted molar refractivity (Wildman–Crippen MR) is 74.2 cm³/mol. The highest BCUT2D eigenvalue weighted by Crippen LogP contribution is 2.30. The lowest BCUT2D eigenvalue weighted by molar-refractivity contribution is 0.263. The molecular formula is C12H20N2O2S2. The van der Waals surface area contributed by atoms with Crippen LogP contribution in [-0.4, -0.2) is 33.4 Å². The van der Waals surface area contributed by atoms with Gasteiger partial charge in [0.25, 0.3) is 0 Å². The Labute approximate surface area is 113 Å². The van der Waals surface area contributed by atoms with Crippen LogP contribution < -0.4 is 5.32 Å². The molecule has 4 nitrogen and oxygen atoms in total. The lowest BCUT2D eigenvalue weighted by atomic mass is 9.86. The number of nitrogens with one attached hydrogen (secondary N) is 1. The van der Waals surface area contributed by atoms with E-state index in [1.165, 1.54) is 22.1 Å². The summed E-state index contributed by atoms with van der Waals surface area (Å²) in [7, 11) is 0.201. The molecule has 1 N–H and O–H groups in total. The molecule has 1 aliphatic rings. The molecule has 0 amide bonds. The van der Waals surface area contributed by atoms with Crippen molar-refractivity contribution in [2.75, 3.05) is 20.6 Å². The fourth-order valence-electron chi connectivity index (χ4n) is 2.15. The summed E-state index contributed by atoms with van der Waals surface area (Å²) in [6.45, 7) is 1.25. The van der Waals surface area contributed by atoms with Crippen LogP contribution in [0.3, 0.4) is 0 Å². The molecule has 0 saturated heterocycles. The fraction of sp³-hybridized carbons (Fsp3) is 0.667. The average Bonchev–Trinajstić information content (AvgIpc) is 2.72. The van der Waals surface area contributed by atoms with Gasteiger partial charge in [-0.2, -0.15) is 0 Å². The van der Waals surface area contributed by atoms with E-state index in [0.717, 1.165) is 17.7 Å². The first kappa shape index (κ1) is 14.0. The molecule has 102 valence electrons. The molecule has 18 heavy (non-hydrogen) atoms. The van der Waals surface area contributed by atoms with Crippen LogP contribution in [0.15, 0.2) is 16.3 Å². The summed E-state index contributed by atoms with van der Waals surface area (Å²) in [6, 6.07) is 1.71. The van der Waals surface area contributed by atoms with Crippen molar-refractivity contribution in [2.24, 2.45) is 5.92 Å². The van der Waals surface area contributed by atoms with Gasteiger partial charge in [-0.15, -0.1) is 11.3 Å². The van der Waals surface area contributed by atoms with E-state index in [2.05, 4.69) is 5.32 Å². The molecule has 6 heteroatoms. The standard InChI is InChI=1S/C12H20N2O2S2/c1-13-8-11-12(6-7-17-11)18(15,16)14(2)9-10-4-3-5-10/h6-7,10,13H,3-5,8-9H2,1-2H3. The summed E-state index contributed by atoms with van der Waals surface area (Å²) in [4.78, 5) is 1.35. The lowest BCUT2D eigenvalue weighted by Crippen LogP contribution is -2.34. The molecule has 0 radical (unpaired) electrons. The van der Waals surface area contributed by atoms with Crippen LogP contribution in [-0.2, 0) is 16.6 Å². The molecule has 0 spiro atoms. The van der Waals surface area contributed by atoms with Crippen molar-refractivity contribution in [1.29, 1.82) is 0 Å². The second-order valence-corrected chi connectivity index (χ2v) is 7.83. The van der Waals surface area contributed by atoms with Crippen LogP contribution in [0.5, 0.6) is 0 Å². The van der Waals surface area contributed by atoms with Crippen molar-refractivity contribution in [3.8, 4) is 0 Å². The minimum absolute atomic E-state index is 0.462. The van der Waals surface area contributed by atoms with E-state index in [9.17, 15) is 8.42 Å². The fourth-order valence-corrected chi connectivity index (χ4v) is 4.82. The summed E-state index contributed by atoms with van der Waals surface area (Å²) in [5.74, 6) is 0.552. The van der Waals surface area contributed by atoms with Gasteiger partial charge >= 0.3 is 0 Å². The Morgan fingerprint density at radius 1 is 1.50 bits per heavy atom. The third-order valence-electron chi connectivity index (χ3n) is 3.47. The lowest BCUT2D eigenvalue weighted by Gasteiger charge is -2.29. The summed E-state index contributed by atoms with van der Waals surface area (Å²) in [5.41, 5.74) is 0. The van der Waals surface area contributed by atoms with Gasteiger partial charge in [0.05, 0.1) is 4.90 Å².